The van der Waals surface area contributed by atoms with Crippen LogP contribution in [-0.2, 0) is 11.3 Å². The third-order valence-corrected chi connectivity index (χ3v) is 6.33. The minimum absolute atomic E-state index is 0.0641. The summed E-state index contributed by atoms with van der Waals surface area (Å²) in [6.45, 7) is 4.51. The summed E-state index contributed by atoms with van der Waals surface area (Å²) >= 11 is 0. The number of piperidine rings is 1. The number of nitrogens with zero attached hydrogens (tertiary/aromatic N) is 2. The molecule has 2 aromatic rings. The fourth-order valence-corrected chi connectivity index (χ4v) is 4.78. The van der Waals surface area contributed by atoms with Crippen molar-refractivity contribution in [2.75, 3.05) is 21.3 Å². The first-order valence-corrected chi connectivity index (χ1v) is 9.54. The molecule has 2 aliphatic rings. The number of carbonyl (C=O) groups is 1. The van der Waals surface area contributed by atoms with Gasteiger partial charge in [-0.1, -0.05) is 13.8 Å². The van der Waals surface area contributed by atoms with Crippen LogP contribution < -0.4 is 14.2 Å². The molecule has 29 heavy (non-hydrogen) atoms. The quantitative estimate of drug-likeness (QED) is 0.742. The van der Waals surface area contributed by atoms with Crippen LogP contribution in [0.3, 0.4) is 0 Å². The zero-order valence-electron chi connectivity index (χ0n) is 17.2. The molecule has 0 radical (unpaired) electrons. The molecule has 3 unspecified atom stereocenters. The number of benzene rings is 1. The van der Waals surface area contributed by atoms with Gasteiger partial charge >= 0.3 is 0 Å². The van der Waals surface area contributed by atoms with Crippen LogP contribution in [-0.4, -0.2) is 37.1 Å². The monoisotopic (exact) mass is 400 g/mol. The summed E-state index contributed by atoms with van der Waals surface area (Å²) in [5.41, 5.74) is 1.32. The van der Waals surface area contributed by atoms with Crippen molar-refractivity contribution < 1.29 is 23.4 Å². The molecule has 1 saturated carbocycles. The second-order valence-corrected chi connectivity index (χ2v) is 8.17. The van der Waals surface area contributed by atoms with E-state index in [0.717, 1.165) is 11.8 Å². The highest BCUT2D eigenvalue weighted by molar-refractivity contribution is 5.87. The predicted molar refractivity (Wildman–Crippen MR) is 104 cm³/mol. The maximum absolute atomic E-state index is 14.1. The van der Waals surface area contributed by atoms with Crippen LogP contribution in [0.4, 0.5) is 4.39 Å². The Labute approximate surface area is 169 Å². The number of hydrogen-bond acceptors (Lipinski definition) is 5. The van der Waals surface area contributed by atoms with Crippen molar-refractivity contribution in [3.8, 4) is 17.4 Å². The number of methoxy groups -OCH3 is 3. The highest BCUT2D eigenvalue weighted by atomic mass is 19.1. The van der Waals surface area contributed by atoms with E-state index in [1.807, 2.05) is 12.1 Å². The topological polar surface area (TPSA) is 60.9 Å². The van der Waals surface area contributed by atoms with Crippen LogP contribution >= 0.6 is 0 Å². The van der Waals surface area contributed by atoms with Crippen molar-refractivity contribution in [1.29, 1.82) is 0 Å². The lowest BCUT2D eigenvalue weighted by atomic mass is 9.95. The smallest absolute Gasteiger partial charge is 0.227 e. The Bertz CT molecular complexity index is 962. The molecule has 4 rings (SSSR count). The van der Waals surface area contributed by atoms with E-state index in [1.165, 1.54) is 13.2 Å². The number of rotatable bonds is 6. The summed E-state index contributed by atoms with van der Waals surface area (Å²) in [5, 5.41) is 0. The fourth-order valence-electron chi connectivity index (χ4n) is 4.78. The van der Waals surface area contributed by atoms with Gasteiger partial charge in [-0.2, -0.15) is 0 Å². The van der Waals surface area contributed by atoms with Gasteiger partial charge in [0.1, 0.15) is 17.3 Å². The van der Waals surface area contributed by atoms with Crippen LogP contribution in [0.5, 0.6) is 17.4 Å². The third-order valence-electron chi connectivity index (χ3n) is 6.33. The Morgan fingerprint density at radius 2 is 1.90 bits per heavy atom. The summed E-state index contributed by atoms with van der Waals surface area (Å²) < 4.78 is 30.2. The number of aromatic nitrogens is 1. The molecular weight excluding hydrogens is 375 g/mol. The standard InChI is InChI=1S/C22H25FN2O4/c1-22(2)17-18(22)21(26)25(11-12-6-7-14(27-3)9-16(12)28-4)19(17)15-8-13(23)10-24-20(15)29-5/h6-10,17-19H,11H2,1-5H3. The van der Waals surface area contributed by atoms with Gasteiger partial charge in [0, 0.05) is 35.6 Å². The summed E-state index contributed by atoms with van der Waals surface area (Å²) in [7, 11) is 4.68. The molecule has 1 aliphatic carbocycles. The molecule has 3 atom stereocenters. The van der Waals surface area contributed by atoms with Gasteiger partial charge in [0.2, 0.25) is 11.8 Å². The molecular formula is C22H25FN2O4. The van der Waals surface area contributed by atoms with Crippen LogP contribution in [0.1, 0.15) is 31.0 Å². The average Bonchev–Trinajstić information content (AvgIpc) is 3.13. The van der Waals surface area contributed by atoms with Gasteiger partial charge in [0.15, 0.2) is 0 Å². The molecule has 6 nitrogen and oxygen atoms in total. The molecule has 154 valence electrons. The SMILES string of the molecule is COc1ccc(CN2C(=O)C3C(C2c2cc(F)cnc2OC)C3(C)C)c(OC)c1. The van der Waals surface area contributed by atoms with E-state index in [2.05, 4.69) is 18.8 Å². The minimum atomic E-state index is -0.447. The lowest BCUT2D eigenvalue weighted by Gasteiger charge is -2.32. The minimum Gasteiger partial charge on any atom is -0.497 e. The van der Waals surface area contributed by atoms with Gasteiger partial charge in [-0.25, -0.2) is 9.37 Å². The van der Waals surface area contributed by atoms with Crippen molar-refractivity contribution in [3.63, 3.8) is 0 Å². The number of pyridine rings is 1. The number of halogens is 1. The summed E-state index contributed by atoms with van der Waals surface area (Å²) in [6, 6.07) is 6.63. The average molecular weight is 400 g/mol. The van der Waals surface area contributed by atoms with Crippen molar-refractivity contribution in [1.82, 2.24) is 9.88 Å². The van der Waals surface area contributed by atoms with E-state index in [-0.39, 0.29) is 29.2 Å². The van der Waals surface area contributed by atoms with E-state index >= 15 is 0 Å². The Morgan fingerprint density at radius 1 is 1.14 bits per heavy atom. The normalized spacial score (nSPS) is 24.3. The molecule has 7 heteroatoms. The van der Waals surface area contributed by atoms with Crippen molar-refractivity contribution in [2.45, 2.75) is 26.4 Å². The van der Waals surface area contributed by atoms with E-state index in [0.29, 0.717) is 29.5 Å². The van der Waals surface area contributed by atoms with Gasteiger partial charge in [0.25, 0.3) is 0 Å². The second-order valence-electron chi connectivity index (χ2n) is 8.17. The van der Waals surface area contributed by atoms with E-state index in [9.17, 15) is 9.18 Å². The van der Waals surface area contributed by atoms with Crippen LogP contribution in [0, 0.1) is 23.1 Å². The molecule has 0 spiro atoms. The highest BCUT2D eigenvalue weighted by Crippen LogP contribution is 2.70. The number of likely N-dealkylation sites (tertiary alicyclic amines) is 1. The maximum atomic E-state index is 14.1. The first-order chi connectivity index (χ1) is 13.8. The molecule has 2 fully saturated rings. The third kappa shape index (κ3) is 2.99. The zero-order chi connectivity index (χ0) is 20.9. The molecule has 0 N–H and O–H groups in total. The lowest BCUT2D eigenvalue weighted by Crippen LogP contribution is -2.34. The second kappa shape index (κ2) is 6.90. The van der Waals surface area contributed by atoms with Gasteiger partial charge in [-0.3, -0.25) is 4.79 Å². The number of ether oxygens (including phenoxy) is 3. The van der Waals surface area contributed by atoms with Crippen LogP contribution in [0.25, 0.3) is 0 Å². The summed E-state index contributed by atoms with van der Waals surface area (Å²) in [5.74, 6) is 1.27. The first kappa shape index (κ1) is 19.5. The molecule has 1 saturated heterocycles. The Hall–Kier alpha value is -2.83. The van der Waals surface area contributed by atoms with Crippen LogP contribution in [0.15, 0.2) is 30.5 Å². The van der Waals surface area contributed by atoms with Gasteiger partial charge < -0.3 is 19.1 Å². The first-order valence-electron chi connectivity index (χ1n) is 9.54. The highest BCUT2D eigenvalue weighted by Gasteiger charge is 2.72. The van der Waals surface area contributed by atoms with Gasteiger partial charge in [-0.15, -0.1) is 0 Å². The maximum Gasteiger partial charge on any atom is 0.227 e. The Morgan fingerprint density at radius 3 is 2.55 bits per heavy atom. The summed E-state index contributed by atoms with van der Waals surface area (Å²) in [6.07, 6.45) is 1.13. The number of fused-ring (bicyclic) bond motifs is 1. The molecule has 1 aromatic heterocycles. The van der Waals surface area contributed by atoms with E-state index in [1.54, 1.807) is 25.2 Å². The van der Waals surface area contributed by atoms with E-state index in [4.69, 9.17) is 14.2 Å². The van der Waals surface area contributed by atoms with Gasteiger partial charge in [-0.05, 0) is 23.6 Å². The fraction of sp³-hybridized carbons (Fsp3) is 0.455. The zero-order valence-corrected chi connectivity index (χ0v) is 17.2. The van der Waals surface area contributed by atoms with Crippen LogP contribution in [0.2, 0.25) is 0 Å². The Balaban J connectivity index is 1.75. The van der Waals surface area contributed by atoms with Gasteiger partial charge in [0.05, 0.1) is 33.6 Å². The number of hydrogen-bond donors (Lipinski definition) is 0. The Kier molecular flexibility index (Phi) is 4.63. The number of amides is 1. The molecule has 2 heterocycles. The van der Waals surface area contributed by atoms with Crippen molar-refractivity contribution in [2.24, 2.45) is 17.3 Å². The van der Waals surface area contributed by atoms with Crippen molar-refractivity contribution >= 4 is 5.91 Å². The van der Waals surface area contributed by atoms with E-state index < -0.39 is 5.82 Å². The molecule has 1 aromatic carbocycles. The molecule has 0 bridgehead atoms. The largest absolute Gasteiger partial charge is 0.497 e. The lowest BCUT2D eigenvalue weighted by molar-refractivity contribution is -0.133. The summed E-state index contributed by atoms with van der Waals surface area (Å²) in [4.78, 5) is 19.1. The predicted octanol–water partition coefficient (Wildman–Crippen LogP) is 3.60. The molecule has 1 aliphatic heterocycles. The van der Waals surface area contributed by atoms with Crippen molar-refractivity contribution in [3.05, 3.63) is 47.4 Å². The number of carbonyl (C=O) groups excluding carboxylic acids is 1. The molecule has 1 amide bonds.